The molecule has 1 aliphatic rings. The minimum absolute atomic E-state index is 0.173. The predicted octanol–water partition coefficient (Wildman–Crippen LogP) is 1.35. The number of amides is 1. The highest BCUT2D eigenvalue weighted by molar-refractivity contribution is 5.86. The second kappa shape index (κ2) is 3.65. The Balaban J connectivity index is 1.98. The predicted molar refractivity (Wildman–Crippen MR) is 50.5 cm³/mol. The molecule has 1 saturated carbocycles. The lowest BCUT2D eigenvalue weighted by Crippen LogP contribution is -2.20. The first-order valence-electron chi connectivity index (χ1n) is 4.64. The first-order valence-corrected chi connectivity index (χ1v) is 4.64. The summed E-state index contributed by atoms with van der Waals surface area (Å²) in [6.07, 6.45) is 5.20. The molecule has 1 aromatic rings. The van der Waals surface area contributed by atoms with E-state index in [-0.39, 0.29) is 5.91 Å². The fourth-order valence-electron chi connectivity index (χ4n) is 1.35. The van der Waals surface area contributed by atoms with Gasteiger partial charge in [-0.15, -0.1) is 0 Å². The van der Waals surface area contributed by atoms with Gasteiger partial charge < -0.3 is 9.84 Å². The molecule has 4 nitrogen and oxygen atoms in total. The summed E-state index contributed by atoms with van der Waals surface area (Å²) in [6, 6.07) is 0. The number of rotatable bonds is 4. The Labute approximate surface area is 82.0 Å². The molecule has 14 heavy (non-hydrogen) atoms. The second-order valence-electron chi connectivity index (χ2n) is 3.42. The van der Waals surface area contributed by atoms with Gasteiger partial charge in [-0.1, -0.05) is 11.7 Å². The van der Waals surface area contributed by atoms with Gasteiger partial charge in [-0.2, -0.15) is 0 Å². The zero-order valence-electron chi connectivity index (χ0n) is 7.82. The largest absolute Gasteiger partial charge is 0.364 e. The molecule has 0 unspecified atom stereocenters. The maximum atomic E-state index is 10.9. The smallest absolute Gasteiger partial charge is 0.243 e. The summed E-state index contributed by atoms with van der Waals surface area (Å²) in [5.41, 5.74) is 1.97. The summed E-state index contributed by atoms with van der Waals surface area (Å²) in [5.74, 6) is 0.373. The third-order valence-electron chi connectivity index (χ3n) is 2.28. The van der Waals surface area contributed by atoms with Crippen molar-refractivity contribution in [1.82, 2.24) is 10.5 Å². The van der Waals surface area contributed by atoms with Crippen molar-refractivity contribution >= 4 is 5.91 Å². The summed E-state index contributed by atoms with van der Waals surface area (Å²) >= 11 is 0. The SMILES string of the molecule is C=CC(=O)NCc1conc1C1CC1. The molecule has 4 heteroatoms. The first-order chi connectivity index (χ1) is 6.81. The summed E-state index contributed by atoms with van der Waals surface area (Å²) in [4.78, 5) is 10.9. The van der Waals surface area contributed by atoms with Crippen LogP contribution in [0.2, 0.25) is 0 Å². The maximum Gasteiger partial charge on any atom is 0.243 e. The van der Waals surface area contributed by atoms with Crippen LogP contribution >= 0.6 is 0 Å². The maximum absolute atomic E-state index is 10.9. The van der Waals surface area contributed by atoms with Gasteiger partial charge in [-0.3, -0.25) is 4.79 Å². The number of carbonyl (C=O) groups is 1. The molecule has 0 atom stereocenters. The molecule has 0 aliphatic heterocycles. The molecular weight excluding hydrogens is 180 g/mol. The van der Waals surface area contributed by atoms with Crippen molar-refractivity contribution in [3.05, 3.63) is 30.2 Å². The van der Waals surface area contributed by atoms with Gasteiger partial charge in [0.05, 0.1) is 5.69 Å². The van der Waals surface area contributed by atoms with Gasteiger partial charge in [-0.25, -0.2) is 0 Å². The molecule has 74 valence electrons. The molecule has 0 spiro atoms. The number of aromatic nitrogens is 1. The number of nitrogens with zero attached hydrogens (tertiary/aromatic N) is 1. The summed E-state index contributed by atoms with van der Waals surface area (Å²) in [7, 11) is 0. The summed E-state index contributed by atoms with van der Waals surface area (Å²) < 4.78 is 4.89. The Morgan fingerprint density at radius 2 is 2.57 bits per heavy atom. The average Bonchev–Trinajstić information content (AvgIpc) is 2.94. The minimum Gasteiger partial charge on any atom is -0.364 e. The standard InChI is InChI=1S/C10H12N2O2/c1-2-9(13)11-5-8-6-14-12-10(8)7-3-4-7/h2,6-7H,1,3-5H2,(H,11,13). The van der Waals surface area contributed by atoms with Crippen LogP contribution in [0.15, 0.2) is 23.4 Å². The van der Waals surface area contributed by atoms with Gasteiger partial charge in [0, 0.05) is 18.0 Å². The average molecular weight is 192 g/mol. The van der Waals surface area contributed by atoms with Gasteiger partial charge >= 0.3 is 0 Å². The van der Waals surface area contributed by atoms with Gasteiger partial charge in [0.15, 0.2) is 0 Å². The van der Waals surface area contributed by atoms with Crippen LogP contribution in [0.25, 0.3) is 0 Å². The fraction of sp³-hybridized carbons (Fsp3) is 0.400. The molecule has 0 saturated heterocycles. The van der Waals surface area contributed by atoms with Crippen molar-refractivity contribution in [2.24, 2.45) is 0 Å². The van der Waals surface area contributed by atoms with Gasteiger partial charge in [0.25, 0.3) is 0 Å². The van der Waals surface area contributed by atoms with E-state index in [9.17, 15) is 4.79 Å². The van der Waals surface area contributed by atoms with Crippen LogP contribution in [0.4, 0.5) is 0 Å². The molecule has 1 fully saturated rings. The van der Waals surface area contributed by atoms with Crippen LogP contribution in [0.5, 0.6) is 0 Å². The molecule has 1 N–H and O–H groups in total. The zero-order valence-corrected chi connectivity index (χ0v) is 7.82. The molecule has 1 aromatic heterocycles. The van der Waals surface area contributed by atoms with Crippen molar-refractivity contribution in [1.29, 1.82) is 0 Å². The molecular formula is C10H12N2O2. The molecule has 1 aliphatic carbocycles. The fourth-order valence-corrected chi connectivity index (χ4v) is 1.35. The van der Waals surface area contributed by atoms with E-state index >= 15 is 0 Å². The zero-order chi connectivity index (χ0) is 9.97. The van der Waals surface area contributed by atoms with E-state index in [1.54, 1.807) is 6.26 Å². The van der Waals surface area contributed by atoms with Crippen molar-refractivity contribution in [3.8, 4) is 0 Å². The Bertz CT molecular complexity index is 353. The third kappa shape index (κ3) is 1.84. The van der Waals surface area contributed by atoms with Crippen molar-refractivity contribution in [2.45, 2.75) is 25.3 Å². The molecule has 0 aromatic carbocycles. The van der Waals surface area contributed by atoms with Crippen LogP contribution < -0.4 is 5.32 Å². The summed E-state index contributed by atoms with van der Waals surface area (Å²) in [6.45, 7) is 3.85. The monoisotopic (exact) mass is 192 g/mol. The normalized spacial score (nSPS) is 15.1. The van der Waals surface area contributed by atoms with E-state index < -0.39 is 0 Å². The van der Waals surface area contributed by atoms with Crippen molar-refractivity contribution in [3.63, 3.8) is 0 Å². The lowest BCUT2D eigenvalue weighted by Gasteiger charge is -2.00. The van der Waals surface area contributed by atoms with Crippen LogP contribution in [0.3, 0.4) is 0 Å². The molecule has 1 heterocycles. The summed E-state index contributed by atoms with van der Waals surface area (Å²) in [5, 5.41) is 6.63. The number of hydrogen-bond donors (Lipinski definition) is 1. The van der Waals surface area contributed by atoms with Crippen LogP contribution in [0.1, 0.15) is 30.0 Å². The van der Waals surface area contributed by atoms with Gasteiger partial charge in [0.1, 0.15) is 6.26 Å². The van der Waals surface area contributed by atoms with E-state index in [2.05, 4.69) is 17.1 Å². The van der Waals surface area contributed by atoms with E-state index in [4.69, 9.17) is 4.52 Å². The molecule has 2 rings (SSSR count). The van der Waals surface area contributed by atoms with Gasteiger partial charge in [0.2, 0.25) is 5.91 Å². The molecule has 0 bridgehead atoms. The van der Waals surface area contributed by atoms with Crippen LogP contribution in [-0.2, 0) is 11.3 Å². The highest BCUT2D eigenvalue weighted by Gasteiger charge is 2.29. The van der Waals surface area contributed by atoms with Crippen molar-refractivity contribution < 1.29 is 9.32 Å². The van der Waals surface area contributed by atoms with E-state index in [0.717, 1.165) is 11.3 Å². The molecule has 1 amide bonds. The van der Waals surface area contributed by atoms with Gasteiger partial charge in [-0.05, 0) is 18.9 Å². The quantitative estimate of drug-likeness (QED) is 0.733. The Morgan fingerprint density at radius 3 is 3.21 bits per heavy atom. The van der Waals surface area contributed by atoms with E-state index in [1.807, 2.05) is 0 Å². The minimum atomic E-state index is -0.173. The highest BCUT2D eigenvalue weighted by atomic mass is 16.5. The topological polar surface area (TPSA) is 55.1 Å². The third-order valence-corrected chi connectivity index (χ3v) is 2.28. The van der Waals surface area contributed by atoms with E-state index in [0.29, 0.717) is 12.5 Å². The van der Waals surface area contributed by atoms with E-state index in [1.165, 1.54) is 18.9 Å². The van der Waals surface area contributed by atoms with Crippen LogP contribution in [0, 0.1) is 0 Å². The Morgan fingerprint density at radius 1 is 1.79 bits per heavy atom. The number of nitrogens with one attached hydrogen (secondary N) is 1. The lowest BCUT2D eigenvalue weighted by molar-refractivity contribution is -0.116. The number of carbonyl (C=O) groups excluding carboxylic acids is 1. The Kier molecular flexibility index (Phi) is 2.35. The first kappa shape index (κ1) is 8.99. The number of hydrogen-bond acceptors (Lipinski definition) is 3. The second-order valence-corrected chi connectivity index (χ2v) is 3.42. The van der Waals surface area contributed by atoms with Crippen LogP contribution in [-0.4, -0.2) is 11.1 Å². The Hall–Kier alpha value is -1.58. The lowest BCUT2D eigenvalue weighted by atomic mass is 10.2. The molecule has 0 radical (unpaired) electrons. The van der Waals surface area contributed by atoms with Crippen molar-refractivity contribution in [2.75, 3.05) is 0 Å². The highest BCUT2D eigenvalue weighted by Crippen LogP contribution is 2.40.